The molecule has 0 aromatic carbocycles. The number of nitrogens with zero attached hydrogens (tertiary/aromatic N) is 5. The Morgan fingerprint density at radius 2 is 2.45 bits per heavy atom. The zero-order chi connectivity index (χ0) is 14.8. The lowest BCUT2D eigenvalue weighted by Crippen LogP contribution is -2.31. The zero-order valence-corrected chi connectivity index (χ0v) is 11.8. The van der Waals surface area contributed by atoms with Gasteiger partial charge in [-0.2, -0.15) is 5.10 Å². The number of hydrogen-bond acceptors (Lipinski definition) is 5. The van der Waals surface area contributed by atoms with Gasteiger partial charge in [0.1, 0.15) is 6.04 Å². The van der Waals surface area contributed by atoms with E-state index in [4.69, 9.17) is 10.3 Å². The van der Waals surface area contributed by atoms with Crippen molar-refractivity contribution in [2.24, 2.45) is 5.11 Å². The summed E-state index contributed by atoms with van der Waals surface area (Å²) in [4.78, 5) is 14.6. The lowest BCUT2D eigenvalue weighted by Gasteiger charge is -2.15. The maximum atomic E-state index is 12.0. The Hall–Kier alpha value is -2.05. The van der Waals surface area contributed by atoms with Gasteiger partial charge in [0, 0.05) is 29.8 Å². The quantitative estimate of drug-likeness (QED) is 0.245. The average molecular weight is 280 g/mol. The van der Waals surface area contributed by atoms with Crippen molar-refractivity contribution < 1.29 is 9.53 Å². The van der Waals surface area contributed by atoms with Gasteiger partial charge in [-0.25, -0.2) is 4.79 Å². The third kappa shape index (κ3) is 4.91. The van der Waals surface area contributed by atoms with Gasteiger partial charge in [0.2, 0.25) is 0 Å². The van der Waals surface area contributed by atoms with Gasteiger partial charge in [-0.05, 0) is 32.3 Å². The van der Waals surface area contributed by atoms with Crippen LogP contribution in [0.15, 0.2) is 17.5 Å². The van der Waals surface area contributed by atoms with Crippen molar-refractivity contribution in [3.63, 3.8) is 0 Å². The van der Waals surface area contributed by atoms with E-state index in [-0.39, 0.29) is 5.97 Å². The van der Waals surface area contributed by atoms with Crippen molar-refractivity contribution in [2.75, 3.05) is 19.7 Å². The Labute approximate surface area is 117 Å². The molecule has 0 aliphatic heterocycles. The summed E-state index contributed by atoms with van der Waals surface area (Å²) < 4.78 is 6.81. The maximum absolute atomic E-state index is 12.0. The maximum Gasteiger partial charge on any atom is 0.327 e. The minimum absolute atomic E-state index is 0.327. The van der Waals surface area contributed by atoms with Crippen LogP contribution in [0.1, 0.15) is 31.9 Å². The van der Waals surface area contributed by atoms with Gasteiger partial charge in [-0.3, -0.25) is 4.68 Å². The molecule has 0 aliphatic carbocycles. The highest BCUT2D eigenvalue weighted by Crippen LogP contribution is 2.14. The number of nitrogens with one attached hydrogen (secondary N) is 1. The van der Waals surface area contributed by atoms with E-state index >= 15 is 0 Å². The van der Waals surface area contributed by atoms with Crippen LogP contribution in [0.4, 0.5) is 0 Å². The Balaban J connectivity index is 2.64. The van der Waals surface area contributed by atoms with E-state index in [0.717, 1.165) is 12.1 Å². The van der Waals surface area contributed by atoms with Crippen LogP contribution in [0.25, 0.3) is 10.4 Å². The van der Waals surface area contributed by atoms with E-state index in [9.17, 15) is 4.79 Å². The third-order valence-corrected chi connectivity index (χ3v) is 2.68. The molecule has 0 spiro atoms. The van der Waals surface area contributed by atoms with E-state index in [2.05, 4.69) is 20.4 Å². The van der Waals surface area contributed by atoms with Gasteiger partial charge < -0.3 is 10.1 Å². The first kappa shape index (κ1) is 16.0. The summed E-state index contributed by atoms with van der Waals surface area (Å²) in [6.07, 6.45) is 4.13. The van der Waals surface area contributed by atoms with Crippen LogP contribution in [0.5, 0.6) is 0 Å². The molecule has 0 aliphatic rings. The van der Waals surface area contributed by atoms with Gasteiger partial charge in [0.25, 0.3) is 0 Å². The summed E-state index contributed by atoms with van der Waals surface area (Å²) in [6.45, 7) is 5.77. The first-order valence-corrected chi connectivity index (χ1v) is 6.66. The SMILES string of the molecule is CCOC(=O)C(NCCCN=[N+]=[N-])c1cnn(CC)c1. The van der Waals surface area contributed by atoms with Crippen molar-refractivity contribution >= 4 is 5.97 Å². The number of aromatic nitrogens is 2. The predicted octanol–water partition coefficient (Wildman–Crippen LogP) is 1.80. The Morgan fingerprint density at radius 1 is 1.65 bits per heavy atom. The molecule has 1 rings (SSSR count). The second kappa shape index (κ2) is 8.95. The molecule has 8 nitrogen and oxygen atoms in total. The van der Waals surface area contributed by atoms with Crippen molar-refractivity contribution in [3.8, 4) is 0 Å². The van der Waals surface area contributed by atoms with E-state index in [0.29, 0.717) is 26.1 Å². The van der Waals surface area contributed by atoms with Gasteiger partial charge in [-0.1, -0.05) is 5.11 Å². The normalized spacial score (nSPS) is 11.7. The van der Waals surface area contributed by atoms with Crippen LogP contribution in [0.3, 0.4) is 0 Å². The summed E-state index contributed by atoms with van der Waals surface area (Å²) in [6, 6.07) is -0.540. The second-order valence-electron chi connectivity index (χ2n) is 4.08. The number of hydrogen-bond donors (Lipinski definition) is 1. The molecule has 0 bridgehead atoms. The molecule has 1 unspecified atom stereocenters. The number of esters is 1. The molecule has 0 radical (unpaired) electrons. The highest BCUT2D eigenvalue weighted by Gasteiger charge is 2.22. The summed E-state index contributed by atoms with van der Waals surface area (Å²) in [5.41, 5.74) is 8.97. The predicted molar refractivity (Wildman–Crippen MR) is 73.9 cm³/mol. The number of azide groups is 1. The molecule has 1 heterocycles. The van der Waals surface area contributed by atoms with Crippen molar-refractivity contribution in [1.29, 1.82) is 0 Å². The van der Waals surface area contributed by atoms with Crippen LogP contribution in [0, 0.1) is 0 Å². The van der Waals surface area contributed by atoms with E-state index in [1.54, 1.807) is 17.8 Å². The lowest BCUT2D eigenvalue weighted by atomic mass is 10.1. The molecule has 0 fully saturated rings. The molecule has 1 aromatic rings. The molecule has 8 heteroatoms. The molecule has 0 amide bonds. The van der Waals surface area contributed by atoms with Gasteiger partial charge in [0.05, 0.1) is 12.8 Å². The van der Waals surface area contributed by atoms with Crippen molar-refractivity contribution in [1.82, 2.24) is 15.1 Å². The molecule has 110 valence electrons. The first-order chi connectivity index (χ1) is 9.72. The molecule has 20 heavy (non-hydrogen) atoms. The standard InChI is InChI=1S/C12H20N6O2/c1-3-18-9-10(8-16-18)11(12(19)20-4-2)14-6-5-7-15-17-13/h8-9,11,14H,3-7H2,1-2H3. The molecule has 0 saturated carbocycles. The highest BCUT2D eigenvalue weighted by atomic mass is 16.5. The lowest BCUT2D eigenvalue weighted by molar-refractivity contribution is -0.145. The smallest absolute Gasteiger partial charge is 0.327 e. The average Bonchev–Trinajstić information content (AvgIpc) is 2.91. The van der Waals surface area contributed by atoms with E-state index in [1.165, 1.54) is 0 Å². The molecule has 1 atom stereocenters. The van der Waals surface area contributed by atoms with Crippen LogP contribution in [-0.4, -0.2) is 35.4 Å². The van der Waals surface area contributed by atoms with Crippen LogP contribution in [-0.2, 0) is 16.1 Å². The fourth-order valence-electron chi connectivity index (χ4n) is 1.71. The minimum atomic E-state index is -0.540. The topological polar surface area (TPSA) is 105 Å². The Kier molecular flexibility index (Phi) is 7.16. The summed E-state index contributed by atoms with van der Waals surface area (Å²) >= 11 is 0. The van der Waals surface area contributed by atoms with Crippen LogP contribution in [0.2, 0.25) is 0 Å². The number of aryl methyl sites for hydroxylation is 1. The van der Waals surface area contributed by atoms with Gasteiger partial charge in [-0.15, -0.1) is 0 Å². The van der Waals surface area contributed by atoms with Crippen LogP contribution >= 0.6 is 0 Å². The Bertz CT molecular complexity index is 466. The highest BCUT2D eigenvalue weighted by molar-refractivity contribution is 5.77. The summed E-state index contributed by atoms with van der Waals surface area (Å²) in [5, 5.41) is 10.7. The van der Waals surface area contributed by atoms with Crippen molar-refractivity contribution in [2.45, 2.75) is 32.9 Å². The molecule has 1 aromatic heterocycles. The number of carbonyl (C=O) groups is 1. The summed E-state index contributed by atoms with van der Waals surface area (Å²) in [7, 11) is 0. The third-order valence-electron chi connectivity index (χ3n) is 2.68. The van der Waals surface area contributed by atoms with Gasteiger partial charge >= 0.3 is 5.97 Å². The zero-order valence-electron chi connectivity index (χ0n) is 11.8. The van der Waals surface area contributed by atoms with Gasteiger partial charge in [0.15, 0.2) is 0 Å². The number of rotatable bonds is 9. The largest absolute Gasteiger partial charge is 0.465 e. The number of ether oxygens (including phenoxy) is 1. The molecule has 1 N–H and O–H groups in total. The number of carbonyl (C=O) groups excluding carboxylic acids is 1. The second-order valence-corrected chi connectivity index (χ2v) is 4.08. The van der Waals surface area contributed by atoms with E-state index < -0.39 is 6.04 Å². The first-order valence-electron chi connectivity index (χ1n) is 6.66. The minimum Gasteiger partial charge on any atom is -0.465 e. The monoisotopic (exact) mass is 280 g/mol. The molecule has 0 saturated heterocycles. The summed E-state index contributed by atoms with van der Waals surface area (Å²) in [5.74, 6) is -0.327. The van der Waals surface area contributed by atoms with Crippen molar-refractivity contribution in [3.05, 3.63) is 28.4 Å². The fourth-order valence-corrected chi connectivity index (χ4v) is 1.71. The Morgan fingerprint density at radius 3 is 3.05 bits per heavy atom. The van der Waals surface area contributed by atoms with E-state index in [1.807, 2.05) is 13.1 Å². The molecular weight excluding hydrogens is 260 g/mol. The molecular formula is C12H20N6O2. The van der Waals surface area contributed by atoms with Crippen LogP contribution < -0.4 is 5.32 Å². The fraction of sp³-hybridized carbons (Fsp3) is 0.667.